The molecule has 0 amide bonds. The van der Waals surface area contributed by atoms with Crippen LogP contribution in [0.3, 0.4) is 0 Å². The van der Waals surface area contributed by atoms with Gasteiger partial charge in [0, 0.05) is 37.6 Å². The fourth-order valence-corrected chi connectivity index (χ4v) is 5.66. The van der Waals surface area contributed by atoms with Crippen LogP contribution in [0.4, 0.5) is 0 Å². The van der Waals surface area contributed by atoms with Crippen LogP contribution < -0.4 is 0 Å². The summed E-state index contributed by atoms with van der Waals surface area (Å²) in [5, 5.41) is 8.68. The molecule has 2 rings (SSSR count). The molecule has 0 atom stereocenters. The zero-order valence-electron chi connectivity index (χ0n) is 12.2. The topological polar surface area (TPSA) is 77.9 Å². The van der Waals surface area contributed by atoms with Crippen molar-refractivity contribution in [2.24, 2.45) is 0 Å². The molecule has 0 radical (unpaired) electrons. The Hall–Kier alpha value is -0.960. The first kappa shape index (κ1) is 16.4. The Morgan fingerprint density at radius 3 is 2.38 bits per heavy atom. The van der Waals surface area contributed by atoms with Gasteiger partial charge >= 0.3 is 5.97 Å². The summed E-state index contributed by atoms with van der Waals surface area (Å²) in [5.74, 6) is -0.824. The lowest BCUT2D eigenvalue weighted by Crippen LogP contribution is -2.48. The van der Waals surface area contributed by atoms with Gasteiger partial charge in [-0.25, -0.2) is 8.42 Å². The standard InChI is InChI=1S/C13H20N2O4S2/c1-10-9-11(2)20-13(10)21(18,19)15-7-5-14(6-8-15)4-3-12(16)17/h9H,3-8H2,1-2H3,(H,16,17). The number of carboxylic acids is 1. The van der Waals surface area contributed by atoms with Gasteiger partial charge in [-0.05, 0) is 25.5 Å². The third kappa shape index (κ3) is 3.82. The number of aryl methyl sites for hydroxylation is 2. The van der Waals surface area contributed by atoms with Crippen molar-refractivity contribution in [3.05, 3.63) is 16.5 Å². The molecule has 21 heavy (non-hydrogen) atoms. The van der Waals surface area contributed by atoms with Gasteiger partial charge in [-0.3, -0.25) is 4.79 Å². The lowest BCUT2D eigenvalue weighted by Gasteiger charge is -2.33. The molecule has 0 spiro atoms. The highest BCUT2D eigenvalue weighted by Crippen LogP contribution is 2.29. The van der Waals surface area contributed by atoms with Gasteiger partial charge in [0.05, 0.1) is 6.42 Å². The minimum absolute atomic E-state index is 0.0932. The second-order valence-corrected chi connectivity index (χ2v) is 8.61. The van der Waals surface area contributed by atoms with Gasteiger partial charge in [-0.15, -0.1) is 11.3 Å². The van der Waals surface area contributed by atoms with Gasteiger partial charge in [0.25, 0.3) is 10.0 Å². The normalized spacial score (nSPS) is 18.0. The molecule has 6 nitrogen and oxygen atoms in total. The molecule has 1 saturated heterocycles. The van der Waals surface area contributed by atoms with Crippen molar-refractivity contribution in [2.75, 3.05) is 32.7 Å². The first-order chi connectivity index (χ1) is 9.80. The first-order valence-corrected chi connectivity index (χ1v) is 9.07. The van der Waals surface area contributed by atoms with Gasteiger partial charge in [0.15, 0.2) is 0 Å². The van der Waals surface area contributed by atoms with E-state index in [4.69, 9.17) is 5.11 Å². The number of piperazine rings is 1. The predicted molar refractivity (Wildman–Crippen MR) is 81.2 cm³/mol. The van der Waals surface area contributed by atoms with Crippen LogP contribution in [-0.4, -0.2) is 61.4 Å². The van der Waals surface area contributed by atoms with E-state index in [1.807, 2.05) is 24.8 Å². The molecule has 1 aliphatic heterocycles. The maximum absolute atomic E-state index is 12.6. The molecule has 1 aromatic heterocycles. The molecule has 8 heteroatoms. The van der Waals surface area contributed by atoms with Crippen molar-refractivity contribution in [1.82, 2.24) is 9.21 Å². The molecule has 0 bridgehead atoms. The Labute approximate surface area is 129 Å². The summed E-state index contributed by atoms with van der Waals surface area (Å²) in [6.45, 7) is 6.18. The lowest BCUT2D eigenvalue weighted by molar-refractivity contribution is -0.137. The zero-order chi connectivity index (χ0) is 15.6. The van der Waals surface area contributed by atoms with Crippen molar-refractivity contribution in [1.29, 1.82) is 0 Å². The number of aliphatic carboxylic acids is 1. The molecule has 1 aromatic rings. The van der Waals surface area contributed by atoms with Crippen LogP contribution in [0.2, 0.25) is 0 Å². The molecular weight excluding hydrogens is 312 g/mol. The molecule has 1 fully saturated rings. The van der Waals surface area contributed by atoms with Crippen molar-refractivity contribution in [2.45, 2.75) is 24.5 Å². The fraction of sp³-hybridized carbons (Fsp3) is 0.615. The largest absolute Gasteiger partial charge is 0.481 e. The summed E-state index contributed by atoms with van der Waals surface area (Å²) in [7, 11) is -3.42. The van der Waals surface area contributed by atoms with Crippen LogP contribution in [0.25, 0.3) is 0 Å². The smallest absolute Gasteiger partial charge is 0.304 e. The van der Waals surface area contributed by atoms with E-state index in [2.05, 4.69) is 0 Å². The molecular formula is C13H20N2O4S2. The van der Waals surface area contributed by atoms with E-state index >= 15 is 0 Å². The third-order valence-corrected chi connectivity index (χ3v) is 7.21. The van der Waals surface area contributed by atoms with Gasteiger partial charge in [-0.1, -0.05) is 0 Å². The summed E-state index contributed by atoms with van der Waals surface area (Å²) in [5.41, 5.74) is 0.797. The van der Waals surface area contributed by atoms with E-state index in [1.165, 1.54) is 15.6 Å². The molecule has 0 saturated carbocycles. The number of hydrogen-bond donors (Lipinski definition) is 1. The molecule has 0 aromatic carbocycles. The van der Waals surface area contributed by atoms with Gasteiger partial charge in [-0.2, -0.15) is 4.31 Å². The van der Waals surface area contributed by atoms with E-state index in [1.54, 1.807) is 0 Å². The minimum Gasteiger partial charge on any atom is -0.481 e. The van der Waals surface area contributed by atoms with Crippen molar-refractivity contribution >= 4 is 27.3 Å². The average molecular weight is 332 g/mol. The SMILES string of the molecule is Cc1cc(C)c(S(=O)(=O)N2CCN(CCC(=O)O)CC2)s1. The van der Waals surface area contributed by atoms with E-state index in [-0.39, 0.29) is 6.42 Å². The predicted octanol–water partition coefficient (Wildman–Crippen LogP) is 1.15. The second-order valence-electron chi connectivity index (χ2n) is 5.22. The van der Waals surface area contributed by atoms with Crippen LogP contribution in [0.15, 0.2) is 10.3 Å². The first-order valence-electron chi connectivity index (χ1n) is 6.82. The monoisotopic (exact) mass is 332 g/mol. The van der Waals surface area contributed by atoms with Crippen LogP contribution in [-0.2, 0) is 14.8 Å². The molecule has 1 N–H and O–H groups in total. The van der Waals surface area contributed by atoms with E-state index in [0.29, 0.717) is 36.9 Å². The minimum atomic E-state index is -3.42. The Bertz CT molecular complexity index is 616. The highest BCUT2D eigenvalue weighted by Gasteiger charge is 2.30. The Morgan fingerprint density at radius 1 is 1.29 bits per heavy atom. The van der Waals surface area contributed by atoms with Gasteiger partial charge < -0.3 is 10.0 Å². The molecule has 1 aliphatic rings. The van der Waals surface area contributed by atoms with Crippen LogP contribution in [0, 0.1) is 13.8 Å². The maximum atomic E-state index is 12.6. The summed E-state index contributed by atoms with van der Waals surface area (Å²) in [6, 6.07) is 1.89. The van der Waals surface area contributed by atoms with E-state index in [0.717, 1.165) is 10.4 Å². The van der Waals surface area contributed by atoms with Crippen LogP contribution in [0.1, 0.15) is 16.9 Å². The number of carboxylic acid groups (broad SMARTS) is 1. The van der Waals surface area contributed by atoms with Crippen molar-refractivity contribution in [3.63, 3.8) is 0 Å². The van der Waals surface area contributed by atoms with E-state index in [9.17, 15) is 13.2 Å². The molecule has 0 unspecified atom stereocenters. The number of thiophene rings is 1. The average Bonchev–Trinajstić information content (AvgIpc) is 2.76. The number of nitrogens with zero attached hydrogens (tertiary/aromatic N) is 2. The molecule has 2 heterocycles. The van der Waals surface area contributed by atoms with Crippen LogP contribution >= 0.6 is 11.3 Å². The molecule has 0 aliphatic carbocycles. The van der Waals surface area contributed by atoms with Crippen molar-refractivity contribution in [3.8, 4) is 0 Å². The lowest BCUT2D eigenvalue weighted by atomic mass is 10.3. The van der Waals surface area contributed by atoms with E-state index < -0.39 is 16.0 Å². The summed E-state index contributed by atoms with van der Waals surface area (Å²) in [6.07, 6.45) is 0.0932. The number of hydrogen-bond acceptors (Lipinski definition) is 5. The summed E-state index contributed by atoms with van der Waals surface area (Å²) >= 11 is 1.31. The third-order valence-electron chi connectivity index (χ3n) is 3.54. The summed E-state index contributed by atoms with van der Waals surface area (Å²) in [4.78, 5) is 13.5. The summed E-state index contributed by atoms with van der Waals surface area (Å²) < 4.78 is 27.2. The number of rotatable bonds is 5. The fourth-order valence-electron chi connectivity index (χ4n) is 2.44. The van der Waals surface area contributed by atoms with Crippen molar-refractivity contribution < 1.29 is 18.3 Å². The van der Waals surface area contributed by atoms with Crippen LogP contribution in [0.5, 0.6) is 0 Å². The number of sulfonamides is 1. The highest BCUT2D eigenvalue weighted by molar-refractivity contribution is 7.91. The van der Waals surface area contributed by atoms with Gasteiger partial charge in [0.2, 0.25) is 0 Å². The Morgan fingerprint density at radius 2 is 1.90 bits per heavy atom. The maximum Gasteiger partial charge on any atom is 0.304 e. The molecule has 118 valence electrons. The zero-order valence-corrected chi connectivity index (χ0v) is 13.8. The highest BCUT2D eigenvalue weighted by atomic mass is 32.2. The van der Waals surface area contributed by atoms with Gasteiger partial charge in [0.1, 0.15) is 4.21 Å². The number of carbonyl (C=O) groups is 1. The Balaban J connectivity index is 2.01. The second kappa shape index (κ2) is 6.43. The quantitative estimate of drug-likeness (QED) is 0.875. The Kier molecular flexibility index (Phi) is 5.03.